The largest absolute Gasteiger partial charge is 0.308 e. The van der Waals surface area contributed by atoms with Gasteiger partial charge in [0, 0.05) is 10.9 Å². The molecule has 2 heterocycles. The fourth-order valence-electron chi connectivity index (χ4n) is 3.04. The molecule has 1 saturated heterocycles. The number of aromatic nitrogens is 1. The molecular weight excluding hydrogens is 288 g/mol. The van der Waals surface area contributed by atoms with E-state index < -0.39 is 0 Å². The van der Waals surface area contributed by atoms with Gasteiger partial charge in [0.25, 0.3) is 0 Å². The van der Waals surface area contributed by atoms with Gasteiger partial charge < -0.3 is 5.32 Å². The topological polar surface area (TPSA) is 24.9 Å². The summed E-state index contributed by atoms with van der Waals surface area (Å²) < 4.78 is 0. The highest BCUT2D eigenvalue weighted by Crippen LogP contribution is 2.34. The van der Waals surface area contributed by atoms with Gasteiger partial charge in [-0.1, -0.05) is 54.6 Å². The molecule has 1 fully saturated rings. The van der Waals surface area contributed by atoms with E-state index in [4.69, 9.17) is 4.98 Å². The van der Waals surface area contributed by atoms with Gasteiger partial charge in [0.2, 0.25) is 0 Å². The fourth-order valence-corrected chi connectivity index (χ4v) is 3.97. The Morgan fingerprint density at radius 1 is 0.955 bits per heavy atom. The summed E-state index contributed by atoms with van der Waals surface area (Å²) in [6.45, 7) is 1.11. The molecule has 3 heteroatoms. The normalized spacial score (nSPS) is 17.7. The molecule has 2 aromatic carbocycles. The number of rotatable bonds is 3. The number of hydrogen-bond acceptors (Lipinski definition) is 3. The van der Waals surface area contributed by atoms with Gasteiger partial charge in [-0.25, -0.2) is 4.98 Å². The first-order chi connectivity index (χ1) is 10.9. The first-order valence-electron chi connectivity index (χ1n) is 7.75. The van der Waals surface area contributed by atoms with E-state index in [1.165, 1.54) is 34.5 Å². The van der Waals surface area contributed by atoms with E-state index >= 15 is 0 Å². The van der Waals surface area contributed by atoms with Crippen LogP contribution in [0.1, 0.15) is 23.9 Å². The maximum atomic E-state index is 4.90. The lowest BCUT2D eigenvalue weighted by molar-refractivity contribution is 0.643. The molecular formula is C19H18N2S. The second-order valence-corrected chi connectivity index (χ2v) is 6.52. The number of hydrogen-bond donors (Lipinski definition) is 1. The van der Waals surface area contributed by atoms with Crippen LogP contribution in [0.4, 0.5) is 0 Å². The summed E-state index contributed by atoms with van der Waals surface area (Å²) in [5.74, 6) is 0. The van der Waals surface area contributed by atoms with E-state index in [1.54, 1.807) is 11.3 Å². The highest BCUT2D eigenvalue weighted by Gasteiger charge is 2.20. The molecule has 22 heavy (non-hydrogen) atoms. The van der Waals surface area contributed by atoms with E-state index in [0.29, 0.717) is 6.04 Å². The highest BCUT2D eigenvalue weighted by atomic mass is 32.1. The zero-order valence-corrected chi connectivity index (χ0v) is 13.1. The van der Waals surface area contributed by atoms with E-state index in [1.807, 2.05) is 0 Å². The standard InChI is InChI=1S/C19H18N2S/c1-2-7-14(8-3-1)15-9-4-5-10-16(15)18-13-22-19(21-18)17-11-6-12-20-17/h1-5,7-10,13,17,20H,6,11-12H2. The molecule has 1 atom stereocenters. The molecule has 4 rings (SSSR count). The van der Waals surface area contributed by atoms with Crippen molar-refractivity contribution in [3.8, 4) is 22.4 Å². The molecule has 1 aliphatic heterocycles. The second kappa shape index (κ2) is 6.03. The molecule has 0 radical (unpaired) electrons. The molecule has 0 bridgehead atoms. The van der Waals surface area contributed by atoms with Crippen LogP contribution in [-0.4, -0.2) is 11.5 Å². The van der Waals surface area contributed by atoms with Gasteiger partial charge in [-0.2, -0.15) is 0 Å². The van der Waals surface area contributed by atoms with Crippen LogP contribution in [0.2, 0.25) is 0 Å². The van der Waals surface area contributed by atoms with Crippen LogP contribution in [0.25, 0.3) is 22.4 Å². The van der Waals surface area contributed by atoms with Crippen LogP contribution in [0.5, 0.6) is 0 Å². The monoisotopic (exact) mass is 306 g/mol. The Morgan fingerprint density at radius 2 is 1.73 bits per heavy atom. The quantitative estimate of drug-likeness (QED) is 0.744. The third kappa shape index (κ3) is 2.58. The van der Waals surface area contributed by atoms with Crippen LogP contribution in [0.3, 0.4) is 0 Å². The van der Waals surface area contributed by atoms with Gasteiger partial charge >= 0.3 is 0 Å². The van der Waals surface area contributed by atoms with Gasteiger partial charge in [-0.05, 0) is 30.5 Å². The third-order valence-corrected chi connectivity index (χ3v) is 5.13. The predicted molar refractivity (Wildman–Crippen MR) is 93.0 cm³/mol. The van der Waals surface area contributed by atoms with Gasteiger partial charge in [-0.3, -0.25) is 0 Å². The first-order valence-corrected chi connectivity index (χ1v) is 8.63. The van der Waals surface area contributed by atoms with E-state index in [2.05, 4.69) is 65.3 Å². The molecule has 2 nitrogen and oxygen atoms in total. The summed E-state index contributed by atoms with van der Waals surface area (Å²) in [5.41, 5.74) is 4.80. The minimum absolute atomic E-state index is 0.447. The smallest absolute Gasteiger partial charge is 0.110 e. The SMILES string of the molecule is c1ccc(-c2ccccc2-c2csc(C3CCCN3)n2)cc1. The summed E-state index contributed by atoms with van der Waals surface area (Å²) in [7, 11) is 0. The van der Waals surface area contributed by atoms with Crippen LogP contribution in [0.15, 0.2) is 60.0 Å². The number of benzene rings is 2. The Labute approximate surface area is 134 Å². The van der Waals surface area contributed by atoms with Crippen LogP contribution < -0.4 is 5.32 Å². The van der Waals surface area contributed by atoms with Gasteiger partial charge in [-0.15, -0.1) is 11.3 Å². The Hall–Kier alpha value is -1.97. The van der Waals surface area contributed by atoms with Crippen molar-refractivity contribution in [1.29, 1.82) is 0 Å². The molecule has 0 aliphatic carbocycles. The van der Waals surface area contributed by atoms with Crippen molar-refractivity contribution < 1.29 is 0 Å². The Balaban J connectivity index is 1.74. The Morgan fingerprint density at radius 3 is 2.50 bits per heavy atom. The zero-order chi connectivity index (χ0) is 14.8. The number of nitrogens with one attached hydrogen (secondary N) is 1. The highest BCUT2D eigenvalue weighted by molar-refractivity contribution is 7.10. The minimum atomic E-state index is 0.447. The predicted octanol–water partition coefficient (Wildman–Crippen LogP) is 4.90. The average Bonchev–Trinajstić information content (AvgIpc) is 3.27. The zero-order valence-electron chi connectivity index (χ0n) is 12.3. The molecule has 0 amide bonds. The van der Waals surface area contributed by atoms with E-state index in [9.17, 15) is 0 Å². The van der Waals surface area contributed by atoms with Crippen molar-refractivity contribution in [2.75, 3.05) is 6.54 Å². The van der Waals surface area contributed by atoms with Crippen molar-refractivity contribution in [2.24, 2.45) is 0 Å². The van der Waals surface area contributed by atoms with Crippen molar-refractivity contribution in [3.63, 3.8) is 0 Å². The van der Waals surface area contributed by atoms with Crippen molar-refractivity contribution >= 4 is 11.3 Å². The fraction of sp³-hybridized carbons (Fsp3) is 0.211. The first kappa shape index (κ1) is 13.7. The summed E-state index contributed by atoms with van der Waals surface area (Å²) in [4.78, 5) is 4.90. The summed E-state index contributed by atoms with van der Waals surface area (Å²) in [6, 6.07) is 19.5. The summed E-state index contributed by atoms with van der Waals surface area (Å²) >= 11 is 1.77. The molecule has 1 N–H and O–H groups in total. The van der Waals surface area contributed by atoms with Gasteiger partial charge in [0.15, 0.2) is 0 Å². The molecule has 1 aromatic heterocycles. The number of nitrogens with zero attached hydrogens (tertiary/aromatic N) is 1. The second-order valence-electron chi connectivity index (χ2n) is 5.63. The molecule has 1 aliphatic rings. The lowest BCUT2D eigenvalue weighted by atomic mass is 9.98. The lowest BCUT2D eigenvalue weighted by Gasteiger charge is -2.08. The van der Waals surface area contributed by atoms with Crippen LogP contribution >= 0.6 is 11.3 Å². The summed E-state index contributed by atoms with van der Waals surface area (Å²) in [5, 5.41) is 6.94. The Bertz CT molecular complexity index is 758. The van der Waals surface area contributed by atoms with E-state index in [0.717, 1.165) is 12.2 Å². The molecule has 1 unspecified atom stereocenters. The van der Waals surface area contributed by atoms with Gasteiger partial charge in [0.1, 0.15) is 5.01 Å². The van der Waals surface area contributed by atoms with Crippen LogP contribution in [-0.2, 0) is 0 Å². The van der Waals surface area contributed by atoms with E-state index in [-0.39, 0.29) is 0 Å². The average molecular weight is 306 g/mol. The van der Waals surface area contributed by atoms with Gasteiger partial charge in [0.05, 0.1) is 11.7 Å². The molecule has 0 spiro atoms. The molecule has 110 valence electrons. The van der Waals surface area contributed by atoms with Crippen molar-refractivity contribution in [1.82, 2.24) is 10.3 Å². The summed E-state index contributed by atoms with van der Waals surface area (Å²) in [6.07, 6.45) is 2.45. The maximum Gasteiger partial charge on any atom is 0.110 e. The third-order valence-electron chi connectivity index (χ3n) is 4.17. The number of thiazole rings is 1. The lowest BCUT2D eigenvalue weighted by Crippen LogP contribution is -2.12. The molecule has 0 saturated carbocycles. The van der Waals surface area contributed by atoms with Crippen LogP contribution in [0, 0.1) is 0 Å². The van der Waals surface area contributed by atoms with Crippen molar-refractivity contribution in [2.45, 2.75) is 18.9 Å². The molecule has 3 aromatic rings. The Kier molecular flexibility index (Phi) is 3.75. The van der Waals surface area contributed by atoms with Crippen molar-refractivity contribution in [3.05, 3.63) is 65.0 Å². The minimum Gasteiger partial charge on any atom is -0.308 e. The maximum absolute atomic E-state index is 4.90.